The zero-order chi connectivity index (χ0) is 11.5. The van der Waals surface area contributed by atoms with Crippen LogP contribution in [0.4, 0.5) is 10.8 Å². The minimum atomic E-state index is 0.646. The van der Waals surface area contributed by atoms with Crippen molar-refractivity contribution in [1.29, 1.82) is 5.26 Å². The van der Waals surface area contributed by atoms with Gasteiger partial charge in [-0.2, -0.15) is 5.26 Å². The summed E-state index contributed by atoms with van der Waals surface area (Å²) >= 11 is 1.58. The second-order valence-electron chi connectivity index (χ2n) is 3.51. The third-order valence-electron chi connectivity index (χ3n) is 2.25. The number of nitrogens with one attached hydrogen (secondary N) is 1. The lowest BCUT2D eigenvalue weighted by molar-refractivity contribution is 1.34. The molecule has 2 rings (SSSR count). The topological polar surface area (TPSA) is 48.7 Å². The van der Waals surface area contributed by atoms with E-state index in [1.165, 1.54) is 0 Å². The first-order valence-electron chi connectivity index (χ1n) is 4.90. The smallest absolute Gasteiger partial charge is 0.187 e. The van der Waals surface area contributed by atoms with Crippen molar-refractivity contribution in [3.05, 3.63) is 40.4 Å². The number of hydrogen-bond acceptors (Lipinski definition) is 4. The van der Waals surface area contributed by atoms with Gasteiger partial charge in [-0.05, 0) is 25.5 Å². The van der Waals surface area contributed by atoms with Crippen molar-refractivity contribution < 1.29 is 0 Å². The summed E-state index contributed by atoms with van der Waals surface area (Å²) in [5, 5.41) is 13.0. The summed E-state index contributed by atoms with van der Waals surface area (Å²) in [6.07, 6.45) is 1.82. The fourth-order valence-corrected chi connectivity index (χ4v) is 2.12. The molecule has 16 heavy (non-hydrogen) atoms. The number of para-hydroxylation sites is 1. The predicted octanol–water partition coefficient (Wildman–Crippen LogP) is 3.38. The molecule has 0 atom stereocenters. The average Bonchev–Trinajstić information content (AvgIpc) is 2.67. The predicted molar refractivity (Wildman–Crippen MR) is 66.0 cm³/mol. The van der Waals surface area contributed by atoms with Crippen molar-refractivity contribution in [1.82, 2.24) is 4.98 Å². The van der Waals surface area contributed by atoms with Gasteiger partial charge in [-0.15, -0.1) is 11.3 Å². The molecule has 3 nitrogen and oxygen atoms in total. The molecule has 0 radical (unpaired) electrons. The summed E-state index contributed by atoms with van der Waals surface area (Å²) in [5.41, 5.74) is 2.54. The molecule has 1 aromatic heterocycles. The second-order valence-corrected chi connectivity index (χ2v) is 4.75. The highest BCUT2D eigenvalue weighted by Crippen LogP contribution is 2.26. The van der Waals surface area contributed by atoms with Gasteiger partial charge in [0.25, 0.3) is 0 Å². The Morgan fingerprint density at radius 3 is 2.81 bits per heavy atom. The largest absolute Gasteiger partial charge is 0.330 e. The van der Waals surface area contributed by atoms with E-state index in [2.05, 4.69) is 16.4 Å². The zero-order valence-corrected chi connectivity index (χ0v) is 9.93. The minimum absolute atomic E-state index is 0.646. The first-order valence-corrected chi connectivity index (χ1v) is 5.71. The lowest BCUT2D eigenvalue weighted by Gasteiger charge is -2.08. The second kappa shape index (κ2) is 4.33. The van der Waals surface area contributed by atoms with Crippen LogP contribution in [0.2, 0.25) is 0 Å². The Labute approximate surface area is 98.4 Å². The number of thiazole rings is 1. The van der Waals surface area contributed by atoms with Gasteiger partial charge in [-0.25, -0.2) is 4.98 Å². The van der Waals surface area contributed by atoms with E-state index in [1.807, 2.05) is 32.2 Å². The molecule has 0 bridgehead atoms. The molecule has 0 saturated carbocycles. The van der Waals surface area contributed by atoms with Gasteiger partial charge in [0.15, 0.2) is 5.13 Å². The van der Waals surface area contributed by atoms with Crippen LogP contribution in [-0.2, 0) is 0 Å². The molecule has 4 heteroatoms. The Hall–Kier alpha value is -1.86. The fourth-order valence-electron chi connectivity index (χ4n) is 1.45. The third kappa shape index (κ3) is 2.05. The molecule has 1 aromatic carbocycles. The molecule has 0 fully saturated rings. The summed E-state index contributed by atoms with van der Waals surface area (Å²) in [7, 11) is 0. The highest BCUT2D eigenvalue weighted by Gasteiger charge is 2.06. The van der Waals surface area contributed by atoms with Crippen LogP contribution in [0.3, 0.4) is 0 Å². The van der Waals surface area contributed by atoms with Gasteiger partial charge in [-0.1, -0.05) is 12.1 Å². The van der Waals surface area contributed by atoms with Crippen molar-refractivity contribution in [3.63, 3.8) is 0 Å². The van der Waals surface area contributed by atoms with Crippen LogP contribution in [0.15, 0.2) is 24.4 Å². The van der Waals surface area contributed by atoms with E-state index in [-0.39, 0.29) is 0 Å². The maximum absolute atomic E-state index is 9.02. The molecule has 80 valence electrons. The molecular formula is C12H11N3S. The van der Waals surface area contributed by atoms with E-state index in [0.29, 0.717) is 5.56 Å². The fraction of sp³-hybridized carbons (Fsp3) is 0.167. The van der Waals surface area contributed by atoms with Crippen molar-refractivity contribution in [2.45, 2.75) is 13.8 Å². The van der Waals surface area contributed by atoms with Crippen LogP contribution in [0, 0.1) is 25.2 Å². The van der Waals surface area contributed by atoms with Gasteiger partial charge >= 0.3 is 0 Å². The van der Waals surface area contributed by atoms with Crippen LogP contribution < -0.4 is 5.32 Å². The number of anilines is 2. The highest BCUT2D eigenvalue weighted by molar-refractivity contribution is 7.15. The van der Waals surface area contributed by atoms with E-state index < -0.39 is 0 Å². The summed E-state index contributed by atoms with van der Waals surface area (Å²) < 4.78 is 0. The minimum Gasteiger partial charge on any atom is -0.330 e. The number of nitrogens with zero attached hydrogens (tertiary/aromatic N) is 2. The Bertz CT molecular complexity index is 552. The zero-order valence-electron chi connectivity index (χ0n) is 9.11. The molecule has 0 aliphatic carbocycles. The van der Waals surface area contributed by atoms with Gasteiger partial charge in [0.1, 0.15) is 6.07 Å². The van der Waals surface area contributed by atoms with Crippen molar-refractivity contribution >= 4 is 22.2 Å². The van der Waals surface area contributed by atoms with Gasteiger partial charge in [-0.3, -0.25) is 0 Å². The van der Waals surface area contributed by atoms with Crippen LogP contribution in [-0.4, -0.2) is 4.98 Å². The molecule has 0 spiro atoms. The Morgan fingerprint density at radius 1 is 1.38 bits per heavy atom. The van der Waals surface area contributed by atoms with Crippen molar-refractivity contribution in [2.75, 3.05) is 5.32 Å². The van der Waals surface area contributed by atoms with E-state index in [1.54, 1.807) is 17.4 Å². The standard InChI is InChI=1S/C12H11N3S/c1-8-4-3-5-10(6-13)11(8)15-12-14-7-9(2)16-12/h3-5,7H,1-2H3,(H,14,15). The summed E-state index contributed by atoms with van der Waals surface area (Å²) in [5.74, 6) is 0. The summed E-state index contributed by atoms with van der Waals surface area (Å²) in [4.78, 5) is 5.37. The number of benzene rings is 1. The molecule has 0 aliphatic rings. The normalized spacial score (nSPS) is 9.81. The molecule has 0 unspecified atom stereocenters. The monoisotopic (exact) mass is 229 g/mol. The van der Waals surface area contributed by atoms with E-state index >= 15 is 0 Å². The number of aryl methyl sites for hydroxylation is 2. The van der Waals surface area contributed by atoms with Gasteiger partial charge in [0.05, 0.1) is 11.3 Å². The Morgan fingerprint density at radius 2 is 2.19 bits per heavy atom. The molecule has 2 aromatic rings. The summed E-state index contributed by atoms with van der Waals surface area (Å²) in [6, 6.07) is 7.84. The van der Waals surface area contributed by atoms with Crippen LogP contribution in [0.1, 0.15) is 16.0 Å². The van der Waals surface area contributed by atoms with Gasteiger partial charge < -0.3 is 5.32 Å². The third-order valence-corrected chi connectivity index (χ3v) is 3.07. The quantitative estimate of drug-likeness (QED) is 0.858. The van der Waals surface area contributed by atoms with Crippen molar-refractivity contribution in [3.8, 4) is 6.07 Å². The van der Waals surface area contributed by atoms with E-state index in [0.717, 1.165) is 21.3 Å². The maximum Gasteiger partial charge on any atom is 0.187 e. The highest BCUT2D eigenvalue weighted by atomic mass is 32.1. The molecular weight excluding hydrogens is 218 g/mol. The Balaban J connectivity index is 2.38. The summed E-state index contributed by atoms with van der Waals surface area (Å²) in [6.45, 7) is 3.98. The first kappa shape index (κ1) is 10.7. The molecule has 1 heterocycles. The Kier molecular flexibility index (Phi) is 2.88. The first-order chi connectivity index (χ1) is 7.70. The van der Waals surface area contributed by atoms with E-state index in [9.17, 15) is 0 Å². The molecule has 0 amide bonds. The molecule has 1 N–H and O–H groups in total. The van der Waals surface area contributed by atoms with E-state index in [4.69, 9.17) is 5.26 Å². The number of hydrogen-bond donors (Lipinski definition) is 1. The van der Waals surface area contributed by atoms with Gasteiger partial charge in [0.2, 0.25) is 0 Å². The maximum atomic E-state index is 9.02. The lowest BCUT2D eigenvalue weighted by atomic mass is 10.1. The molecule has 0 aliphatic heterocycles. The van der Waals surface area contributed by atoms with Crippen molar-refractivity contribution in [2.24, 2.45) is 0 Å². The van der Waals surface area contributed by atoms with Crippen LogP contribution in [0.25, 0.3) is 0 Å². The number of rotatable bonds is 2. The SMILES string of the molecule is Cc1cnc(Nc2c(C)cccc2C#N)s1. The lowest BCUT2D eigenvalue weighted by Crippen LogP contribution is -1.95. The number of aromatic nitrogens is 1. The number of nitriles is 1. The van der Waals surface area contributed by atoms with Crippen LogP contribution >= 0.6 is 11.3 Å². The average molecular weight is 229 g/mol. The molecule has 0 saturated heterocycles. The van der Waals surface area contributed by atoms with Gasteiger partial charge in [0, 0.05) is 11.1 Å². The van der Waals surface area contributed by atoms with Crippen LogP contribution in [0.5, 0.6) is 0 Å².